The topological polar surface area (TPSA) is 89.4 Å². The van der Waals surface area contributed by atoms with Crippen molar-refractivity contribution in [3.8, 4) is 5.75 Å². The Labute approximate surface area is 186 Å². The average Bonchev–Trinajstić information content (AvgIpc) is 2.76. The zero-order chi connectivity index (χ0) is 24.0. The standard InChI is InChI=1S/C23H20F3N3O4/c1-2-33-19-10-8-18(9-11-19)28-22(32)15-3-6-17(7-4-15)27-20(30)14-29-13-16(23(24,25)26)5-12-21(29)31/h3-13H,2,14H2,1H3,(H,27,30)(H,28,32). The van der Waals surface area contributed by atoms with Gasteiger partial charge in [0.1, 0.15) is 12.3 Å². The highest BCUT2D eigenvalue weighted by Crippen LogP contribution is 2.28. The summed E-state index contributed by atoms with van der Waals surface area (Å²) in [6.07, 6.45) is -4.04. The maximum Gasteiger partial charge on any atom is 0.417 e. The van der Waals surface area contributed by atoms with Crippen molar-refractivity contribution in [1.29, 1.82) is 0 Å². The summed E-state index contributed by atoms with van der Waals surface area (Å²) in [7, 11) is 0. The number of hydrogen-bond acceptors (Lipinski definition) is 4. The number of rotatable bonds is 7. The van der Waals surface area contributed by atoms with E-state index >= 15 is 0 Å². The van der Waals surface area contributed by atoms with Crippen molar-refractivity contribution < 1.29 is 27.5 Å². The van der Waals surface area contributed by atoms with Gasteiger partial charge in [-0.3, -0.25) is 14.4 Å². The summed E-state index contributed by atoms with van der Waals surface area (Å²) in [5.41, 5.74) is -0.543. The first-order valence-corrected chi connectivity index (χ1v) is 9.87. The molecule has 0 aliphatic heterocycles. The lowest BCUT2D eigenvalue weighted by atomic mass is 10.2. The number of alkyl halides is 3. The second-order valence-electron chi connectivity index (χ2n) is 6.92. The van der Waals surface area contributed by atoms with E-state index in [9.17, 15) is 27.6 Å². The molecule has 0 unspecified atom stereocenters. The van der Waals surface area contributed by atoms with E-state index in [0.29, 0.717) is 46.1 Å². The lowest BCUT2D eigenvalue weighted by Gasteiger charge is -2.11. The van der Waals surface area contributed by atoms with Crippen LogP contribution in [0.1, 0.15) is 22.8 Å². The number of amides is 2. The third-order valence-electron chi connectivity index (χ3n) is 4.48. The van der Waals surface area contributed by atoms with E-state index in [1.54, 1.807) is 24.3 Å². The van der Waals surface area contributed by atoms with E-state index in [-0.39, 0.29) is 5.91 Å². The molecule has 1 aromatic heterocycles. The molecule has 2 N–H and O–H groups in total. The van der Waals surface area contributed by atoms with Crippen LogP contribution in [0.15, 0.2) is 71.7 Å². The van der Waals surface area contributed by atoms with Crippen molar-refractivity contribution >= 4 is 23.2 Å². The van der Waals surface area contributed by atoms with Gasteiger partial charge < -0.3 is 19.9 Å². The first kappa shape index (κ1) is 23.6. The van der Waals surface area contributed by atoms with Crippen LogP contribution in [0.3, 0.4) is 0 Å². The minimum atomic E-state index is -4.63. The van der Waals surface area contributed by atoms with Gasteiger partial charge in [-0.25, -0.2) is 0 Å². The Morgan fingerprint density at radius 2 is 1.52 bits per heavy atom. The average molecular weight is 459 g/mol. The van der Waals surface area contributed by atoms with E-state index in [0.717, 1.165) is 6.07 Å². The van der Waals surface area contributed by atoms with Gasteiger partial charge in [0.2, 0.25) is 5.91 Å². The van der Waals surface area contributed by atoms with Crippen LogP contribution < -0.4 is 20.9 Å². The number of halogens is 3. The molecule has 0 aliphatic rings. The molecule has 0 fully saturated rings. The first-order chi connectivity index (χ1) is 15.7. The molecular weight excluding hydrogens is 439 g/mol. The summed E-state index contributed by atoms with van der Waals surface area (Å²) in [5, 5.41) is 5.22. The Bertz CT molecular complexity index is 1190. The number of carbonyl (C=O) groups excluding carboxylic acids is 2. The maximum absolute atomic E-state index is 12.8. The number of ether oxygens (including phenoxy) is 1. The fourth-order valence-corrected chi connectivity index (χ4v) is 2.89. The second kappa shape index (κ2) is 10.0. The van der Waals surface area contributed by atoms with Crippen molar-refractivity contribution in [2.24, 2.45) is 0 Å². The minimum absolute atomic E-state index is 0.317. The second-order valence-corrected chi connectivity index (χ2v) is 6.92. The monoisotopic (exact) mass is 459 g/mol. The third-order valence-corrected chi connectivity index (χ3v) is 4.48. The number of nitrogens with one attached hydrogen (secondary N) is 2. The van der Waals surface area contributed by atoms with Gasteiger partial charge in [0.05, 0.1) is 12.2 Å². The molecule has 10 heteroatoms. The number of pyridine rings is 1. The van der Waals surface area contributed by atoms with Crippen molar-refractivity contribution in [1.82, 2.24) is 4.57 Å². The van der Waals surface area contributed by atoms with Gasteiger partial charge in [-0.15, -0.1) is 0 Å². The molecule has 0 saturated heterocycles. The zero-order valence-corrected chi connectivity index (χ0v) is 17.5. The molecule has 0 atom stereocenters. The number of anilines is 2. The smallest absolute Gasteiger partial charge is 0.417 e. The maximum atomic E-state index is 12.8. The summed E-state index contributed by atoms with van der Waals surface area (Å²) in [5.74, 6) is -0.376. The van der Waals surface area contributed by atoms with Crippen LogP contribution in [0.5, 0.6) is 5.75 Å². The van der Waals surface area contributed by atoms with Gasteiger partial charge in [-0.05, 0) is 61.5 Å². The molecule has 0 saturated carbocycles. The number of hydrogen-bond donors (Lipinski definition) is 2. The molecule has 3 rings (SSSR count). The van der Waals surface area contributed by atoms with Crippen molar-refractivity contribution in [3.63, 3.8) is 0 Å². The molecule has 1 heterocycles. The van der Waals surface area contributed by atoms with E-state index in [1.165, 1.54) is 24.3 Å². The van der Waals surface area contributed by atoms with Gasteiger partial charge in [-0.2, -0.15) is 13.2 Å². The molecule has 7 nitrogen and oxygen atoms in total. The Kier molecular flexibility index (Phi) is 7.17. The highest BCUT2D eigenvalue weighted by molar-refractivity contribution is 6.04. The predicted octanol–water partition coefficient (Wildman–Crippen LogP) is 4.16. The van der Waals surface area contributed by atoms with Crippen molar-refractivity contribution in [2.45, 2.75) is 19.6 Å². The number of benzene rings is 2. The van der Waals surface area contributed by atoms with Gasteiger partial charge in [-0.1, -0.05) is 0 Å². The van der Waals surface area contributed by atoms with Crippen LogP contribution in [-0.4, -0.2) is 23.0 Å². The van der Waals surface area contributed by atoms with Crippen LogP contribution in [0.2, 0.25) is 0 Å². The molecule has 0 bridgehead atoms. The SMILES string of the molecule is CCOc1ccc(NC(=O)c2ccc(NC(=O)Cn3cc(C(F)(F)F)ccc3=O)cc2)cc1. The Morgan fingerprint density at radius 1 is 0.909 bits per heavy atom. The molecule has 2 amide bonds. The molecule has 3 aromatic rings. The molecule has 33 heavy (non-hydrogen) atoms. The third kappa shape index (κ3) is 6.45. The lowest BCUT2D eigenvalue weighted by molar-refractivity contribution is -0.138. The van der Waals surface area contributed by atoms with E-state index in [4.69, 9.17) is 4.74 Å². The Morgan fingerprint density at radius 3 is 2.12 bits per heavy atom. The molecule has 172 valence electrons. The largest absolute Gasteiger partial charge is 0.494 e. The normalized spacial score (nSPS) is 11.0. The van der Waals surface area contributed by atoms with Gasteiger partial charge in [0.15, 0.2) is 0 Å². The van der Waals surface area contributed by atoms with Crippen LogP contribution in [0.4, 0.5) is 24.5 Å². The van der Waals surface area contributed by atoms with Gasteiger partial charge in [0, 0.05) is 29.2 Å². The predicted molar refractivity (Wildman–Crippen MR) is 116 cm³/mol. The van der Waals surface area contributed by atoms with E-state index < -0.39 is 29.8 Å². The number of nitrogens with zero attached hydrogens (tertiary/aromatic N) is 1. The Hall–Kier alpha value is -4.08. The fraction of sp³-hybridized carbons (Fsp3) is 0.174. The highest BCUT2D eigenvalue weighted by atomic mass is 19.4. The lowest BCUT2D eigenvalue weighted by Crippen LogP contribution is -2.28. The summed E-state index contributed by atoms with van der Waals surface area (Å²) in [6.45, 7) is 1.81. The summed E-state index contributed by atoms with van der Waals surface area (Å²) >= 11 is 0. The van der Waals surface area contributed by atoms with Crippen LogP contribution in [0.25, 0.3) is 0 Å². The molecule has 2 aromatic carbocycles. The van der Waals surface area contributed by atoms with Crippen LogP contribution in [-0.2, 0) is 17.5 Å². The van der Waals surface area contributed by atoms with E-state index in [2.05, 4.69) is 10.6 Å². The van der Waals surface area contributed by atoms with Crippen LogP contribution in [0, 0.1) is 0 Å². The minimum Gasteiger partial charge on any atom is -0.494 e. The fourth-order valence-electron chi connectivity index (χ4n) is 2.89. The molecule has 0 aliphatic carbocycles. The first-order valence-electron chi connectivity index (χ1n) is 9.87. The molecular formula is C23H20F3N3O4. The molecule has 0 spiro atoms. The highest BCUT2D eigenvalue weighted by Gasteiger charge is 2.31. The summed E-state index contributed by atoms with van der Waals surface area (Å²) in [6, 6.07) is 14.2. The number of aromatic nitrogens is 1. The zero-order valence-electron chi connectivity index (χ0n) is 17.5. The summed E-state index contributed by atoms with van der Waals surface area (Å²) < 4.78 is 44.5. The quantitative estimate of drug-likeness (QED) is 0.555. The summed E-state index contributed by atoms with van der Waals surface area (Å²) in [4.78, 5) is 36.3. The van der Waals surface area contributed by atoms with E-state index in [1.807, 2.05) is 6.92 Å². The van der Waals surface area contributed by atoms with Gasteiger partial charge >= 0.3 is 6.18 Å². The van der Waals surface area contributed by atoms with Crippen molar-refractivity contribution in [3.05, 3.63) is 88.3 Å². The van der Waals surface area contributed by atoms with Gasteiger partial charge in [0.25, 0.3) is 11.5 Å². The Balaban J connectivity index is 1.60. The van der Waals surface area contributed by atoms with Crippen LogP contribution >= 0.6 is 0 Å². The number of carbonyl (C=O) groups is 2. The molecule has 0 radical (unpaired) electrons. The van der Waals surface area contributed by atoms with Crippen molar-refractivity contribution in [2.75, 3.05) is 17.2 Å².